The van der Waals surface area contributed by atoms with Gasteiger partial charge in [-0.1, -0.05) is 11.8 Å². The van der Waals surface area contributed by atoms with Crippen LogP contribution in [0.5, 0.6) is 17.2 Å². The smallest absolute Gasteiger partial charge is 0.253 e. The number of amides is 2. The van der Waals surface area contributed by atoms with Crippen molar-refractivity contribution in [3.63, 3.8) is 0 Å². The van der Waals surface area contributed by atoms with Crippen molar-refractivity contribution in [3.05, 3.63) is 47.3 Å². The molecule has 182 valence electrons. The van der Waals surface area contributed by atoms with E-state index in [1.165, 1.54) is 34.6 Å². The summed E-state index contributed by atoms with van der Waals surface area (Å²) in [7, 11) is 5.95. The minimum absolute atomic E-state index is 0.0469. The lowest BCUT2D eigenvalue weighted by molar-refractivity contribution is -0.113. The third-order valence-electron chi connectivity index (χ3n) is 4.97. The SMILES string of the molecule is CNC(=O)c1c(C)nc(SCC(=O)Nc2cc(OC)c(OC)c(OC)c2)c(C#N)c1-c1ccco1. The molecule has 0 saturated heterocycles. The average Bonchev–Trinajstić information content (AvgIpc) is 3.40. The molecule has 2 amide bonds. The Morgan fingerprint density at radius 3 is 2.37 bits per heavy atom. The van der Waals surface area contributed by atoms with E-state index in [-0.39, 0.29) is 22.8 Å². The monoisotopic (exact) mass is 496 g/mol. The summed E-state index contributed by atoms with van der Waals surface area (Å²) in [4.78, 5) is 29.7. The Kier molecular flexibility index (Phi) is 8.22. The number of carbonyl (C=O) groups is 2. The highest BCUT2D eigenvalue weighted by molar-refractivity contribution is 8.00. The summed E-state index contributed by atoms with van der Waals surface area (Å²) in [5.74, 6) is 0.765. The van der Waals surface area contributed by atoms with Crippen LogP contribution in [-0.2, 0) is 4.79 Å². The molecule has 0 fully saturated rings. The first-order valence-electron chi connectivity index (χ1n) is 10.3. The van der Waals surface area contributed by atoms with Gasteiger partial charge in [-0.15, -0.1) is 0 Å². The van der Waals surface area contributed by atoms with Crippen LogP contribution in [0.1, 0.15) is 21.6 Å². The highest BCUT2D eigenvalue weighted by Crippen LogP contribution is 2.40. The topological polar surface area (TPSA) is 136 Å². The molecule has 1 aromatic carbocycles. The maximum atomic E-state index is 12.7. The fraction of sp³-hybridized carbons (Fsp3) is 0.250. The maximum Gasteiger partial charge on any atom is 0.253 e. The van der Waals surface area contributed by atoms with Crippen molar-refractivity contribution in [2.24, 2.45) is 0 Å². The van der Waals surface area contributed by atoms with Gasteiger partial charge < -0.3 is 29.3 Å². The lowest BCUT2D eigenvalue weighted by Gasteiger charge is -2.15. The molecule has 35 heavy (non-hydrogen) atoms. The number of rotatable bonds is 9. The molecule has 0 unspecified atom stereocenters. The average molecular weight is 497 g/mol. The zero-order valence-corrected chi connectivity index (χ0v) is 20.7. The molecule has 0 aliphatic rings. The van der Waals surface area contributed by atoms with E-state index in [4.69, 9.17) is 18.6 Å². The molecule has 0 saturated carbocycles. The number of benzene rings is 1. The standard InChI is InChI=1S/C24H24N4O6S/c1-13-20(23(30)26-2)21(16-7-6-8-34-16)15(11-25)24(27-13)35-12-19(29)28-14-9-17(31-3)22(33-5)18(10-14)32-4/h6-10H,12H2,1-5H3,(H,26,30)(H,28,29). The van der Waals surface area contributed by atoms with E-state index in [1.807, 2.05) is 0 Å². The van der Waals surface area contributed by atoms with Gasteiger partial charge in [0.1, 0.15) is 16.9 Å². The molecule has 0 radical (unpaired) electrons. The molecule has 0 aliphatic carbocycles. The molecular weight excluding hydrogens is 472 g/mol. The number of nitrogens with one attached hydrogen (secondary N) is 2. The van der Waals surface area contributed by atoms with E-state index in [1.54, 1.807) is 31.2 Å². The van der Waals surface area contributed by atoms with Crippen molar-refractivity contribution in [1.82, 2.24) is 10.3 Å². The van der Waals surface area contributed by atoms with Gasteiger partial charge in [0.25, 0.3) is 5.91 Å². The molecule has 2 aromatic heterocycles. The first-order valence-corrected chi connectivity index (χ1v) is 11.3. The number of nitrogens with zero attached hydrogens (tertiary/aromatic N) is 2. The highest BCUT2D eigenvalue weighted by atomic mass is 32.2. The van der Waals surface area contributed by atoms with Crippen LogP contribution in [0.2, 0.25) is 0 Å². The molecule has 2 N–H and O–H groups in total. The van der Waals surface area contributed by atoms with E-state index in [9.17, 15) is 14.9 Å². The summed E-state index contributed by atoms with van der Waals surface area (Å²) in [5.41, 5.74) is 1.57. The van der Waals surface area contributed by atoms with Crippen LogP contribution in [0, 0.1) is 18.3 Å². The van der Waals surface area contributed by atoms with Crippen molar-refractivity contribution in [3.8, 4) is 34.6 Å². The number of anilines is 1. The van der Waals surface area contributed by atoms with Crippen molar-refractivity contribution < 1.29 is 28.2 Å². The molecule has 0 atom stereocenters. The quantitative estimate of drug-likeness (QED) is 0.426. The number of methoxy groups -OCH3 is 3. The number of pyridine rings is 1. The molecule has 3 rings (SSSR count). The third kappa shape index (κ3) is 5.33. The number of furan rings is 1. The van der Waals surface area contributed by atoms with Crippen molar-refractivity contribution in [2.45, 2.75) is 11.9 Å². The van der Waals surface area contributed by atoms with E-state index in [0.29, 0.717) is 45.0 Å². The van der Waals surface area contributed by atoms with Gasteiger partial charge in [-0.2, -0.15) is 5.26 Å². The summed E-state index contributed by atoms with van der Waals surface area (Å²) in [6, 6.07) is 8.66. The molecule has 0 spiro atoms. The van der Waals surface area contributed by atoms with Crippen molar-refractivity contribution in [1.29, 1.82) is 5.26 Å². The van der Waals surface area contributed by atoms with Gasteiger partial charge in [0.15, 0.2) is 11.5 Å². The minimum atomic E-state index is -0.394. The Labute approximate surface area is 206 Å². The first kappa shape index (κ1) is 25.5. The molecule has 3 aromatic rings. The van der Waals surface area contributed by atoms with E-state index < -0.39 is 5.91 Å². The van der Waals surface area contributed by atoms with Crippen molar-refractivity contribution >= 4 is 29.3 Å². The summed E-state index contributed by atoms with van der Waals surface area (Å²) >= 11 is 1.07. The molecule has 10 nitrogen and oxygen atoms in total. The van der Waals surface area contributed by atoms with Crippen LogP contribution in [0.3, 0.4) is 0 Å². The lowest BCUT2D eigenvalue weighted by atomic mass is 9.99. The lowest BCUT2D eigenvalue weighted by Crippen LogP contribution is -2.21. The number of aryl methyl sites for hydroxylation is 1. The fourth-order valence-electron chi connectivity index (χ4n) is 3.44. The van der Waals surface area contributed by atoms with Gasteiger partial charge in [0.05, 0.1) is 55.7 Å². The Morgan fingerprint density at radius 2 is 1.86 bits per heavy atom. The third-order valence-corrected chi connectivity index (χ3v) is 5.94. The predicted molar refractivity (Wildman–Crippen MR) is 130 cm³/mol. The van der Waals surface area contributed by atoms with Crippen LogP contribution in [0.15, 0.2) is 40.0 Å². The molecular formula is C24H24N4O6S. The van der Waals surface area contributed by atoms with Crippen LogP contribution >= 0.6 is 11.8 Å². The molecule has 0 aliphatic heterocycles. The Bertz CT molecular complexity index is 1260. The number of ether oxygens (including phenoxy) is 3. The zero-order chi connectivity index (χ0) is 25.5. The van der Waals surface area contributed by atoms with Crippen molar-refractivity contribution in [2.75, 3.05) is 39.4 Å². The van der Waals surface area contributed by atoms with Gasteiger partial charge in [-0.3, -0.25) is 9.59 Å². The number of nitriles is 1. The van der Waals surface area contributed by atoms with Gasteiger partial charge in [-0.25, -0.2) is 4.98 Å². The van der Waals surface area contributed by atoms with Crippen LogP contribution < -0.4 is 24.8 Å². The van der Waals surface area contributed by atoms with Gasteiger partial charge in [0, 0.05) is 24.9 Å². The molecule has 0 bridgehead atoms. The Balaban J connectivity index is 1.90. The fourth-order valence-corrected chi connectivity index (χ4v) is 4.27. The number of aromatic nitrogens is 1. The zero-order valence-electron chi connectivity index (χ0n) is 19.8. The Hall–Kier alpha value is -4.17. The predicted octanol–water partition coefficient (Wildman–Crippen LogP) is 3.64. The van der Waals surface area contributed by atoms with Crippen LogP contribution in [0.4, 0.5) is 5.69 Å². The second-order valence-corrected chi connectivity index (χ2v) is 8.01. The summed E-state index contributed by atoms with van der Waals surface area (Å²) in [6.45, 7) is 1.66. The Morgan fingerprint density at radius 1 is 1.17 bits per heavy atom. The minimum Gasteiger partial charge on any atom is -0.493 e. The number of hydrogen-bond donors (Lipinski definition) is 2. The van der Waals surface area contributed by atoms with E-state index in [0.717, 1.165) is 11.8 Å². The van der Waals surface area contributed by atoms with Gasteiger partial charge >= 0.3 is 0 Å². The maximum absolute atomic E-state index is 12.7. The van der Waals surface area contributed by atoms with Crippen LogP contribution in [0.25, 0.3) is 11.3 Å². The molecule has 11 heteroatoms. The molecule has 2 heterocycles. The number of hydrogen-bond acceptors (Lipinski definition) is 9. The number of thioether (sulfide) groups is 1. The normalized spacial score (nSPS) is 10.3. The first-order chi connectivity index (χ1) is 16.9. The van der Waals surface area contributed by atoms with E-state index >= 15 is 0 Å². The number of carbonyl (C=O) groups excluding carboxylic acids is 2. The largest absolute Gasteiger partial charge is 0.493 e. The summed E-state index contributed by atoms with van der Waals surface area (Å²) < 4.78 is 21.4. The second-order valence-electron chi connectivity index (χ2n) is 7.05. The summed E-state index contributed by atoms with van der Waals surface area (Å²) in [5, 5.41) is 15.6. The van der Waals surface area contributed by atoms with E-state index in [2.05, 4.69) is 21.7 Å². The van der Waals surface area contributed by atoms with Gasteiger partial charge in [0.2, 0.25) is 11.7 Å². The van der Waals surface area contributed by atoms with Crippen LogP contribution in [-0.4, -0.2) is 50.9 Å². The van der Waals surface area contributed by atoms with Gasteiger partial charge in [-0.05, 0) is 19.1 Å². The second kappa shape index (κ2) is 11.3. The summed E-state index contributed by atoms with van der Waals surface area (Å²) in [6.07, 6.45) is 1.46. The highest BCUT2D eigenvalue weighted by Gasteiger charge is 2.25.